The lowest BCUT2D eigenvalue weighted by molar-refractivity contribution is -0.122. The molecule has 0 saturated carbocycles. The number of aromatic amines is 1. The van der Waals surface area contributed by atoms with Crippen LogP contribution in [0, 0.1) is 0 Å². The van der Waals surface area contributed by atoms with Crippen LogP contribution in [0.25, 0.3) is 22.2 Å². The molecule has 200 valence electrons. The summed E-state index contributed by atoms with van der Waals surface area (Å²) in [5, 5.41) is 6.75. The van der Waals surface area contributed by atoms with Crippen LogP contribution in [0.15, 0.2) is 55.2 Å². The molecule has 0 fully saturated rings. The zero-order chi connectivity index (χ0) is 26.7. The number of amides is 2. The fourth-order valence-corrected chi connectivity index (χ4v) is 4.42. The number of ether oxygens (including phenoxy) is 1. The Hall–Kier alpha value is -4.21. The van der Waals surface area contributed by atoms with Crippen LogP contribution in [-0.2, 0) is 16.1 Å². The average molecular weight is 518 g/mol. The molecular weight excluding hydrogens is 482 g/mol. The van der Waals surface area contributed by atoms with Crippen molar-refractivity contribution in [2.75, 3.05) is 20.7 Å². The summed E-state index contributed by atoms with van der Waals surface area (Å²) in [4.78, 5) is 40.9. The molecule has 0 aliphatic carbocycles. The van der Waals surface area contributed by atoms with Crippen LogP contribution in [0.5, 0.6) is 5.88 Å². The van der Waals surface area contributed by atoms with E-state index in [0.29, 0.717) is 31.8 Å². The Bertz CT molecular complexity index is 1330. The first kappa shape index (κ1) is 26.8. The maximum Gasteiger partial charge on any atom is 0.223 e. The molecule has 0 aliphatic rings. The number of H-pyrrole nitrogens is 1. The van der Waals surface area contributed by atoms with Gasteiger partial charge in [0.1, 0.15) is 5.82 Å². The quantitative estimate of drug-likeness (QED) is 0.218. The molecule has 1 unspecified atom stereocenters. The van der Waals surface area contributed by atoms with Crippen molar-refractivity contribution in [2.24, 2.45) is 0 Å². The smallest absolute Gasteiger partial charge is 0.223 e. The number of benzene rings is 1. The van der Waals surface area contributed by atoms with Crippen molar-refractivity contribution in [1.82, 2.24) is 35.1 Å². The number of nitrogens with one attached hydrogen (secondary N) is 3. The Kier molecular flexibility index (Phi) is 9.44. The number of hydrogen-bond acceptors (Lipinski definition) is 6. The predicted octanol–water partition coefficient (Wildman–Crippen LogP) is 3.82. The van der Waals surface area contributed by atoms with Crippen molar-refractivity contribution in [1.29, 1.82) is 0 Å². The van der Waals surface area contributed by atoms with Crippen molar-refractivity contribution in [3.05, 3.63) is 61.1 Å². The van der Waals surface area contributed by atoms with E-state index in [-0.39, 0.29) is 17.7 Å². The van der Waals surface area contributed by atoms with Gasteiger partial charge in [-0.15, -0.1) is 0 Å². The van der Waals surface area contributed by atoms with Gasteiger partial charge in [-0.2, -0.15) is 0 Å². The van der Waals surface area contributed by atoms with Gasteiger partial charge in [-0.05, 0) is 25.0 Å². The molecule has 10 heteroatoms. The second-order valence-corrected chi connectivity index (χ2v) is 9.24. The number of rotatable bonds is 14. The Morgan fingerprint density at radius 2 is 2.00 bits per heavy atom. The third-order valence-corrected chi connectivity index (χ3v) is 6.59. The Morgan fingerprint density at radius 3 is 2.79 bits per heavy atom. The molecule has 1 atom stereocenters. The first-order chi connectivity index (χ1) is 18.6. The third kappa shape index (κ3) is 7.18. The number of methoxy groups -OCH3 is 1. The fourth-order valence-electron chi connectivity index (χ4n) is 4.42. The highest BCUT2D eigenvalue weighted by molar-refractivity contribution is 5.85. The molecule has 1 aromatic carbocycles. The second kappa shape index (κ2) is 13.4. The molecule has 10 nitrogen and oxygen atoms in total. The van der Waals surface area contributed by atoms with E-state index in [4.69, 9.17) is 4.74 Å². The van der Waals surface area contributed by atoms with Gasteiger partial charge in [0, 0.05) is 56.7 Å². The van der Waals surface area contributed by atoms with E-state index in [1.54, 1.807) is 32.9 Å². The van der Waals surface area contributed by atoms with E-state index in [0.717, 1.165) is 53.7 Å². The van der Waals surface area contributed by atoms with E-state index >= 15 is 0 Å². The van der Waals surface area contributed by atoms with Gasteiger partial charge in [0.05, 0.1) is 36.4 Å². The number of aromatic nitrogens is 5. The summed E-state index contributed by atoms with van der Waals surface area (Å²) in [5.41, 5.74) is 2.51. The highest BCUT2D eigenvalue weighted by atomic mass is 16.5. The van der Waals surface area contributed by atoms with Gasteiger partial charge >= 0.3 is 0 Å². The number of hydrogen-bond donors (Lipinski definition) is 3. The highest BCUT2D eigenvalue weighted by Gasteiger charge is 2.19. The van der Waals surface area contributed by atoms with Crippen LogP contribution in [0.4, 0.5) is 0 Å². The van der Waals surface area contributed by atoms with Crippen LogP contribution in [-0.4, -0.2) is 57.0 Å². The van der Waals surface area contributed by atoms with Crippen LogP contribution < -0.4 is 15.4 Å². The molecule has 0 spiro atoms. The zero-order valence-corrected chi connectivity index (χ0v) is 21.9. The first-order valence-electron chi connectivity index (χ1n) is 13.0. The minimum absolute atomic E-state index is 0.000331. The molecule has 0 radical (unpaired) electrons. The lowest BCUT2D eigenvalue weighted by atomic mass is 9.99. The number of carbonyl (C=O) groups excluding carboxylic acids is 2. The number of para-hydroxylation sites is 1. The van der Waals surface area contributed by atoms with Gasteiger partial charge in [-0.25, -0.2) is 15.0 Å². The fraction of sp³-hybridized carbons (Fsp3) is 0.393. The van der Waals surface area contributed by atoms with Crippen molar-refractivity contribution < 1.29 is 14.3 Å². The van der Waals surface area contributed by atoms with Gasteiger partial charge in [-0.1, -0.05) is 31.0 Å². The minimum atomic E-state index is -0.0181. The number of nitrogens with zero attached hydrogens (tertiary/aromatic N) is 4. The van der Waals surface area contributed by atoms with Crippen molar-refractivity contribution in [2.45, 2.75) is 51.0 Å². The minimum Gasteiger partial charge on any atom is -0.480 e. The molecule has 3 heterocycles. The van der Waals surface area contributed by atoms with Gasteiger partial charge < -0.3 is 24.9 Å². The van der Waals surface area contributed by atoms with E-state index in [2.05, 4.69) is 30.6 Å². The van der Waals surface area contributed by atoms with Gasteiger partial charge in [0.15, 0.2) is 0 Å². The molecule has 4 aromatic rings. The number of pyridine rings is 1. The lowest BCUT2D eigenvalue weighted by Crippen LogP contribution is -2.29. The number of imidazole rings is 2. The third-order valence-electron chi connectivity index (χ3n) is 6.59. The molecule has 0 aliphatic heterocycles. The largest absolute Gasteiger partial charge is 0.480 e. The maximum absolute atomic E-state index is 12.5. The van der Waals surface area contributed by atoms with Crippen LogP contribution in [0.3, 0.4) is 0 Å². The normalized spacial score (nSPS) is 11.8. The number of fused-ring (bicyclic) bond motifs is 1. The Morgan fingerprint density at radius 1 is 1.13 bits per heavy atom. The highest BCUT2D eigenvalue weighted by Crippen LogP contribution is 2.32. The van der Waals surface area contributed by atoms with E-state index in [1.807, 2.05) is 41.1 Å². The number of aryl methyl sites for hydroxylation is 1. The molecular formula is C28H35N7O3. The Balaban J connectivity index is 1.45. The summed E-state index contributed by atoms with van der Waals surface area (Å²) < 4.78 is 7.46. The predicted molar refractivity (Wildman–Crippen MR) is 146 cm³/mol. The molecule has 2 amide bonds. The summed E-state index contributed by atoms with van der Waals surface area (Å²) in [6.07, 6.45) is 11.4. The summed E-state index contributed by atoms with van der Waals surface area (Å²) in [7, 11) is 3.27. The SMILES string of the molecule is CNC(=O)CCCCCC(CNC(=O)CCn1ccnc1)c1ncc(-c2cc3ccccc3nc2OC)[nH]1. The summed E-state index contributed by atoms with van der Waals surface area (Å²) >= 11 is 0. The first-order valence-corrected chi connectivity index (χ1v) is 13.0. The van der Waals surface area contributed by atoms with Crippen molar-refractivity contribution >= 4 is 22.7 Å². The standard InChI is InChI=1S/C28H35N7O3/c1-29-25(36)11-5-3-4-9-21(17-31-26(37)12-14-35-15-13-30-19-35)27-32-18-24(33-27)22-16-20-8-6-7-10-23(20)34-28(22)38-2/h6-8,10,13,15-16,18-19,21H,3-5,9,11-12,14,17H2,1-2H3,(H,29,36)(H,31,37)(H,32,33). The van der Waals surface area contributed by atoms with Crippen LogP contribution in [0.1, 0.15) is 50.3 Å². The molecule has 3 N–H and O–H groups in total. The van der Waals surface area contributed by atoms with Crippen molar-refractivity contribution in [3.63, 3.8) is 0 Å². The molecule has 0 saturated heterocycles. The maximum atomic E-state index is 12.5. The van der Waals surface area contributed by atoms with Crippen LogP contribution >= 0.6 is 0 Å². The average Bonchev–Trinajstić information content (AvgIpc) is 3.65. The van der Waals surface area contributed by atoms with E-state index in [9.17, 15) is 9.59 Å². The van der Waals surface area contributed by atoms with E-state index in [1.165, 1.54) is 0 Å². The summed E-state index contributed by atoms with van der Waals surface area (Å²) in [5.74, 6) is 1.37. The monoisotopic (exact) mass is 517 g/mol. The number of unbranched alkanes of at least 4 members (excludes halogenated alkanes) is 2. The molecule has 38 heavy (non-hydrogen) atoms. The van der Waals surface area contributed by atoms with Gasteiger partial charge in [0.25, 0.3) is 0 Å². The van der Waals surface area contributed by atoms with Gasteiger partial charge in [-0.3, -0.25) is 9.59 Å². The Labute approximate surface area is 222 Å². The zero-order valence-electron chi connectivity index (χ0n) is 21.9. The summed E-state index contributed by atoms with van der Waals surface area (Å²) in [6, 6.07) is 9.95. The molecule has 4 rings (SSSR count). The van der Waals surface area contributed by atoms with E-state index < -0.39 is 0 Å². The van der Waals surface area contributed by atoms with Gasteiger partial charge in [0.2, 0.25) is 17.7 Å². The summed E-state index contributed by atoms with van der Waals surface area (Å²) in [6.45, 7) is 1.05. The van der Waals surface area contributed by atoms with Crippen LogP contribution in [0.2, 0.25) is 0 Å². The number of carbonyl (C=O) groups is 2. The molecule has 0 bridgehead atoms. The molecule has 3 aromatic heterocycles. The van der Waals surface area contributed by atoms with Crippen molar-refractivity contribution in [3.8, 4) is 17.1 Å². The second-order valence-electron chi connectivity index (χ2n) is 9.24. The lowest BCUT2D eigenvalue weighted by Gasteiger charge is -2.16. The topological polar surface area (TPSA) is 127 Å².